The number of aromatic hydroxyl groups is 1. The van der Waals surface area contributed by atoms with Crippen LogP contribution < -0.4 is 5.32 Å². The van der Waals surface area contributed by atoms with E-state index in [1.807, 2.05) is 18.2 Å². The highest BCUT2D eigenvalue weighted by Crippen LogP contribution is 2.29. The summed E-state index contributed by atoms with van der Waals surface area (Å²) in [6.45, 7) is 2.49. The van der Waals surface area contributed by atoms with Crippen LogP contribution in [0.1, 0.15) is 25.7 Å². The number of hydrogen-bond donors (Lipinski definition) is 2. The molecule has 17 heavy (non-hydrogen) atoms. The van der Waals surface area contributed by atoms with Gasteiger partial charge >= 0.3 is 0 Å². The molecular weight excluding hydrogens is 212 g/mol. The van der Waals surface area contributed by atoms with Crippen LogP contribution in [0.2, 0.25) is 0 Å². The number of benzene rings is 1. The molecule has 2 aliphatic rings. The normalized spacial score (nSPS) is 28.9. The first-order chi connectivity index (χ1) is 8.33. The van der Waals surface area contributed by atoms with Crippen LogP contribution in [-0.4, -0.2) is 35.2 Å². The number of rotatable bonds is 2. The Hall–Kier alpha value is -1.22. The highest BCUT2D eigenvalue weighted by molar-refractivity contribution is 5.48. The van der Waals surface area contributed by atoms with Crippen LogP contribution in [0.15, 0.2) is 24.3 Å². The monoisotopic (exact) mass is 232 g/mol. The van der Waals surface area contributed by atoms with Crippen molar-refractivity contribution in [1.29, 1.82) is 0 Å². The van der Waals surface area contributed by atoms with E-state index in [1.54, 1.807) is 6.07 Å². The standard InChI is InChI=1S/C14H20N2O/c17-12-5-3-4-11(10-12)15-13-7-9-16-8-2-1-6-14(13)16/h3-5,10,13-15,17H,1-2,6-9H2. The van der Waals surface area contributed by atoms with Gasteiger partial charge in [0.25, 0.3) is 0 Å². The molecule has 2 N–H and O–H groups in total. The zero-order chi connectivity index (χ0) is 11.7. The molecule has 0 radical (unpaired) electrons. The summed E-state index contributed by atoms with van der Waals surface area (Å²) >= 11 is 0. The predicted molar refractivity (Wildman–Crippen MR) is 69.3 cm³/mol. The minimum absolute atomic E-state index is 0.341. The molecule has 0 amide bonds. The van der Waals surface area contributed by atoms with E-state index < -0.39 is 0 Å². The van der Waals surface area contributed by atoms with Crippen molar-refractivity contribution >= 4 is 5.69 Å². The first-order valence-corrected chi connectivity index (χ1v) is 6.62. The van der Waals surface area contributed by atoms with Gasteiger partial charge in [-0.3, -0.25) is 4.90 Å². The third-order valence-electron chi connectivity index (χ3n) is 4.05. The van der Waals surface area contributed by atoms with Gasteiger partial charge in [-0.05, 0) is 37.9 Å². The number of anilines is 1. The Morgan fingerprint density at radius 1 is 1.18 bits per heavy atom. The number of nitrogens with one attached hydrogen (secondary N) is 1. The molecule has 2 atom stereocenters. The van der Waals surface area contributed by atoms with Gasteiger partial charge in [0, 0.05) is 30.4 Å². The highest BCUT2D eigenvalue weighted by atomic mass is 16.3. The van der Waals surface area contributed by atoms with Crippen molar-refractivity contribution < 1.29 is 5.11 Å². The van der Waals surface area contributed by atoms with E-state index in [4.69, 9.17) is 0 Å². The van der Waals surface area contributed by atoms with E-state index in [1.165, 1.54) is 38.8 Å². The minimum Gasteiger partial charge on any atom is -0.508 e. The van der Waals surface area contributed by atoms with Gasteiger partial charge in [-0.25, -0.2) is 0 Å². The summed E-state index contributed by atoms with van der Waals surface area (Å²) < 4.78 is 0. The summed E-state index contributed by atoms with van der Waals surface area (Å²) in [5.41, 5.74) is 1.04. The summed E-state index contributed by atoms with van der Waals surface area (Å²) in [5.74, 6) is 0.341. The van der Waals surface area contributed by atoms with E-state index in [0.717, 1.165) is 5.69 Å². The molecule has 1 aromatic rings. The fourth-order valence-electron chi connectivity index (χ4n) is 3.23. The van der Waals surface area contributed by atoms with Crippen molar-refractivity contribution in [1.82, 2.24) is 4.90 Å². The van der Waals surface area contributed by atoms with E-state index in [2.05, 4.69) is 10.2 Å². The Morgan fingerprint density at radius 2 is 2.12 bits per heavy atom. The lowest BCUT2D eigenvalue weighted by Crippen LogP contribution is -2.41. The Labute approximate surface area is 102 Å². The molecule has 0 aliphatic carbocycles. The highest BCUT2D eigenvalue weighted by Gasteiger charge is 2.35. The lowest BCUT2D eigenvalue weighted by Gasteiger charge is -2.32. The van der Waals surface area contributed by atoms with E-state index in [0.29, 0.717) is 17.8 Å². The molecule has 2 unspecified atom stereocenters. The Bertz CT molecular complexity index is 394. The van der Waals surface area contributed by atoms with Gasteiger partial charge < -0.3 is 10.4 Å². The summed E-state index contributed by atoms with van der Waals surface area (Å²) in [7, 11) is 0. The molecule has 3 nitrogen and oxygen atoms in total. The minimum atomic E-state index is 0.341. The largest absolute Gasteiger partial charge is 0.508 e. The van der Waals surface area contributed by atoms with Gasteiger partial charge in [-0.15, -0.1) is 0 Å². The molecule has 0 spiro atoms. The molecule has 2 fully saturated rings. The van der Waals surface area contributed by atoms with Crippen molar-refractivity contribution in [2.45, 2.75) is 37.8 Å². The van der Waals surface area contributed by atoms with Gasteiger partial charge in [0.15, 0.2) is 0 Å². The van der Waals surface area contributed by atoms with E-state index >= 15 is 0 Å². The molecular formula is C14H20N2O. The molecule has 0 saturated carbocycles. The molecule has 3 rings (SSSR count). The maximum atomic E-state index is 9.47. The molecule has 2 heterocycles. The molecule has 3 heteroatoms. The smallest absolute Gasteiger partial charge is 0.117 e. The SMILES string of the molecule is Oc1cccc(NC2CCN3CCCCC23)c1. The number of phenols is 1. The average molecular weight is 232 g/mol. The third-order valence-corrected chi connectivity index (χ3v) is 4.05. The van der Waals surface area contributed by atoms with Crippen molar-refractivity contribution in [2.75, 3.05) is 18.4 Å². The number of nitrogens with zero attached hydrogens (tertiary/aromatic N) is 1. The van der Waals surface area contributed by atoms with Crippen LogP contribution in [0.25, 0.3) is 0 Å². The second-order valence-corrected chi connectivity index (χ2v) is 5.19. The lowest BCUT2D eigenvalue weighted by molar-refractivity contribution is 0.193. The van der Waals surface area contributed by atoms with Crippen LogP contribution in [-0.2, 0) is 0 Å². The topological polar surface area (TPSA) is 35.5 Å². The van der Waals surface area contributed by atoms with Crippen LogP contribution in [0.3, 0.4) is 0 Å². The summed E-state index contributed by atoms with van der Waals surface area (Å²) in [6.07, 6.45) is 5.26. The third kappa shape index (κ3) is 2.25. The van der Waals surface area contributed by atoms with E-state index in [-0.39, 0.29) is 0 Å². The van der Waals surface area contributed by atoms with Crippen LogP contribution in [0.5, 0.6) is 5.75 Å². The first-order valence-electron chi connectivity index (χ1n) is 6.62. The van der Waals surface area contributed by atoms with Gasteiger partial charge in [0.2, 0.25) is 0 Å². The van der Waals surface area contributed by atoms with Crippen LogP contribution in [0, 0.1) is 0 Å². The molecule has 0 aromatic heterocycles. The second-order valence-electron chi connectivity index (χ2n) is 5.19. The zero-order valence-electron chi connectivity index (χ0n) is 10.1. The maximum absolute atomic E-state index is 9.47. The Morgan fingerprint density at radius 3 is 3.00 bits per heavy atom. The van der Waals surface area contributed by atoms with Crippen molar-refractivity contribution in [3.05, 3.63) is 24.3 Å². The molecule has 92 valence electrons. The Balaban J connectivity index is 1.69. The quantitative estimate of drug-likeness (QED) is 0.822. The van der Waals surface area contributed by atoms with Gasteiger partial charge in [0.1, 0.15) is 5.75 Å². The van der Waals surface area contributed by atoms with Gasteiger partial charge in [-0.1, -0.05) is 12.5 Å². The second kappa shape index (κ2) is 4.57. The fraction of sp³-hybridized carbons (Fsp3) is 0.571. The number of piperidine rings is 1. The van der Waals surface area contributed by atoms with Crippen molar-refractivity contribution in [3.63, 3.8) is 0 Å². The maximum Gasteiger partial charge on any atom is 0.117 e. The summed E-state index contributed by atoms with van der Waals surface area (Å²) in [5, 5.41) is 13.0. The summed E-state index contributed by atoms with van der Waals surface area (Å²) in [6, 6.07) is 8.71. The fourth-order valence-corrected chi connectivity index (χ4v) is 3.23. The van der Waals surface area contributed by atoms with E-state index in [9.17, 15) is 5.11 Å². The van der Waals surface area contributed by atoms with Crippen molar-refractivity contribution in [2.24, 2.45) is 0 Å². The number of fused-ring (bicyclic) bond motifs is 1. The zero-order valence-corrected chi connectivity index (χ0v) is 10.1. The molecule has 2 aliphatic heterocycles. The van der Waals surface area contributed by atoms with Crippen LogP contribution in [0.4, 0.5) is 5.69 Å². The average Bonchev–Trinajstić information content (AvgIpc) is 2.73. The predicted octanol–water partition coefficient (Wildman–Crippen LogP) is 2.43. The van der Waals surface area contributed by atoms with Gasteiger partial charge in [0.05, 0.1) is 0 Å². The molecule has 2 saturated heterocycles. The number of hydrogen-bond acceptors (Lipinski definition) is 3. The molecule has 1 aromatic carbocycles. The first kappa shape index (κ1) is 10.9. The summed E-state index contributed by atoms with van der Waals surface area (Å²) in [4.78, 5) is 2.62. The van der Waals surface area contributed by atoms with Crippen LogP contribution >= 0.6 is 0 Å². The Kier molecular flexibility index (Phi) is 2.93. The molecule has 0 bridgehead atoms. The van der Waals surface area contributed by atoms with Gasteiger partial charge in [-0.2, -0.15) is 0 Å². The number of phenolic OH excluding ortho intramolecular Hbond substituents is 1. The van der Waals surface area contributed by atoms with Crippen molar-refractivity contribution in [3.8, 4) is 5.75 Å². The lowest BCUT2D eigenvalue weighted by atomic mass is 9.99.